The number of aromatic amines is 1. The summed E-state index contributed by atoms with van der Waals surface area (Å²) in [7, 11) is 0. The Kier molecular flexibility index (Phi) is 3.91. The molecular formula is C16H17N3O3. The number of rotatable bonds is 3. The zero-order valence-electron chi connectivity index (χ0n) is 12.1. The first-order valence-corrected chi connectivity index (χ1v) is 7.34. The summed E-state index contributed by atoms with van der Waals surface area (Å²) in [6.45, 7) is -0.126. The molecule has 1 heterocycles. The molecule has 0 spiro atoms. The molecule has 114 valence electrons. The van der Waals surface area contributed by atoms with Gasteiger partial charge in [0, 0.05) is 18.0 Å². The van der Waals surface area contributed by atoms with Gasteiger partial charge in [-0.25, -0.2) is 4.79 Å². The van der Waals surface area contributed by atoms with Gasteiger partial charge in [0.1, 0.15) is 6.54 Å². The Hall–Kier alpha value is -2.63. The van der Waals surface area contributed by atoms with Crippen LogP contribution in [0.15, 0.2) is 40.1 Å². The quantitative estimate of drug-likeness (QED) is 0.888. The molecule has 0 unspecified atom stereocenters. The van der Waals surface area contributed by atoms with E-state index in [0.717, 1.165) is 24.9 Å². The zero-order valence-corrected chi connectivity index (χ0v) is 12.1. The van der Waals surface area contributed by atoms with E-state index in [0.29, 0.717) is 0 Å². The van der Waals surface area contributed by atoms with Crippen LogP contribution in [0.4, 0.5) is 5.69 Å². The molecule has 6 heteroatoms. The maximum atomic E-state index is 12.1. The number of nitrogens with one attached hydrogen (secondary N) is 2. The van der Waals surface area contributed by atoms with Crippen molar-refractivity contribution < 1.29 is 4.79 Å². The fourth-order valence-electron chi connectivity index (χ4n) is 2.81. The average molecular weight is 299 g/mol. The van der Waals surface area contributed by atoms with Crippen molar-refractivity contribution in [1.29, 1.82) is 0 Å². The summed E-state index contributed by atoms with van der Waals surface area (Å²) in [5, 5.41) is 2.87. The second-order valence-corrected chi connectivity index (χ2v) is 5.44. The maximum absolute atomic E-state index is 12.1. The van der Waals surface area contributed by atoms with Crippen molar-refractivity contribution in [1.82, 2.24) is 9.55 Å². The van der Waals surface area contributed by atoms with Crippen LogP contribution in [-0.2, 0) is 24.2 Å². The molecule has 6 nitrogen and oxygen atoms in total. The number of amides is 1. The predicted molar refractivity (Wildman–Crippen MR) is 83.0 cm³/mol. The minimum absolute atomic E-state index is 0.126. The third-order valence-corrected chi connectivity index (χ3v) is 3.88. The molecule has 0 saturated carbocycles. The molecule has 0 radical (unpaired) electrons. The lowest BCUT2D eigenvalue weighted by atomic mass is 9.90. The van der Waals surface area contributed by atoms with Gasteiger partial charge in [-0.05, 0) is 42.9 Å². The molecule has 1 aromatic heterocycles. The molecule has 0 fully saturated rings. The number of hydrogen-bond acceptors (Lipinski definition) is 3. The average Bonchev–Trinajstić information content (AvgIpc) is 2.50. The molecule has 0 saturated heterocycles. The lowest BCUT2D eigenvalue weighted by Gasteiger charge is -2.19. The predicted octanol–water partition coefficient (Wildman–Crippen LogP) is 1.05. The number of carbonyl (C=O) groups is 1. The lowest BCUT2D eigenvalue weighted by Crippen LogP contribution is -2.32. The number of hydrogen-bond donors (Lipinski definition) is 2. The Morgan fingerprint density at radius 1 is 1.18 bits per heavy atom. The zero-order chi connectivity index (χ0) is 15.5. The topological polar surface area (TPSA) is 84.0 Å². The number of anilines is 1. The molecule has 0 bridgehead atoms. The molecule has 1 aliphatic carbocycles. The van der Waals surface area contributed by atoms with Crippen molar-refractivity contribution in [3.05, 3.63) is 62.4 Å². The maximum Gasteiger partial charge on any atom is 0.328 e. The van der Waals surface area contributed by atoms with Gasteiger partial charge in [-0.3, -0.25) is 19.1 Å². The molecule has 1 amide bonds. The van der Waals surface area contributed by atoms with Crippen LogP contribution < -0.4 is 16.6 Å². The summed E-state index contributed by atoms with van der Waals surface area (Å²) in [6, 6.07) is 7.14. The van der Waals surface area contributed by atoms with E-state index < -0.39 is 11.2 Å². The summed E-state index contributed by atoms with van der Waals surface area (Å²) < 4.78 is 1.17. The number of aryl methyl sites for hydroxylation is 1. The van der Waals surface area contributed by atoms with E-state index in [1.807, 2.05) is 12.1 Å². The van der Waals surface area contributed by atoms with E-state index in [9.17, 15) is 14.4 Å². The minimum atomic E-state index is -0.585. The number of aromatic nitrogens is 2. The van der Waals surface area contributed by atoms with Gasteiger partial charge in [0.15, 0.2) is 0 Å². The van der Waals surface area contributed by atoms with Gasteiger partial charge in [-0.2, -0.15) is 0 Å². The van der Waals surface area contributed by atoms with Gasteiger partial charge in [-0.15, -0.1) is 0 Å². The molecule has 0 aliphatic heterocycles. The number of benzene rings is 1. The second-order valence-electron chi connectivity index (χ2n) is 5.44. The summed E-state index contributed by atoms with van der Waals surface area (Å²) in [5.41, 5.74) is 2.23. The highest BCUT2D eigenvalue weighted by Crippen LogP contribution is 2.27. The first kappa shape index (κ1) is 14.3. The standard InChI is InChI=1S/C16H17N3O3/c20-14-8-9-19(16(22)18-14)10-15(21)17-13-7-3-5-11-4-1-2-6-12(11)13/h3,5,7-9H,1-2,4,6,10H2,(H,17,21)(H,18,20,22). The number of fused-ring (bicyclic) bond motifs is 1. The van der Waals surface area contributed by atoms with Gasteiger partial charge in [0.25, 0.3) is 5.56 Å². The summed E-state index contributed by atoms with van der Waals surface area (Å²) in [6.07, 6.45) is 5.63. The molecule has 22 heavy (non-hydrogen) atoms. The van der Waals surface area contributed by atoms with E-state index >= 15 is 0 Å². The normalized spacial score (nSPS) is 13.5. The minimum Gasteiger partial charge on any atom is -0.324 e. The van der Waals surface area contributed by atoms with E-state index in [2.05, 4.69) is 16.4 Å². The Morgan fingerprint density at radius 2 is 2.00 bits per heavy atom. The number of nitrogens with zero attached hydrogens (tertiary/aromatic N) is 1. The van der Waals surface area contributed by atoms with Crippen molar-refractivity contribution in [2.75, 3.05) is 5.32 Å². The van der Waals surface area contributed by atoms with Crippen molar-refractivity contribution in [3.8, 4) is 0 Å². The molecule has 2 aromatic rings. The summed E-state index contributed by atoms with van der Waals surface area (Å²) >= 11 is 0. The van der Waals surface area contributed by atoms with Crippen LogP contribution in [0.1, 0.15) is 24.0 Å². The highest BCUT2D eigenvalue weighted by Gasteiger charge is 2.14. The van der Waals surface area contributed by atoms with Gasteiger partial charge < -0.3 is 5.32 Å². The van der Waals surface area contributed by atoms with Gasteiger partial charge in [0.05, 0.1) is 0 Å². The van der Waals surface area contributed by atoms with Crippen molar-refractivity contribution in [2.24, 2.45) is 0 Å². The van der Waals surface area contributed by atoms with E-state index in [1.165, 1.54) is 34.4 Å². The largest absolute Gasteiger partial charge is 0.328 e. The monoisotopic (exact) mass is 299 g/mol. The number of carbonyl (C=O) groups excluding carboxylic acids is 1. The van der Waals surface area contributed by atoms with Crippen LogP contribution in [0.3, 0.4) is 0 Å². The lowest BCUT2D eigenvalue weighted by molar-refractivity contribution is -0.116. The van der Waals surface area contributed by atoms with E-state index in [4.69, 9.17) is 0 Å². The van der Waals surface area contributed by atoms with Gasteiger partial charge in [0.2, 0.25) is 5.91 Å². The first-order chi connectivity index (χ1) is 10.6. The Labute approximate surface area is 126 Å². The van der Waals surface area contributed by atoms with Crippen molar-refractivity contribution in [2.45, 2.75) is 32.2 Å². The fourth-order valence-corrected chi connectivity index (χ4v) is 2.81. The summed E-state index contributed by atoms with van der Waals surface area (Å²) in [4.78, 5) is 36.9. The third kappa shape index (κ3) is 3.00. The molecular weight excluding hydrogens is 282 g/mol. The Balaban J connectivity index is 1.77. The van der Waals surface area contributed by atoms with E-state index in [-0.39, 0.29) is 12.5 Å². The van der Waals surface area contributed by atoms with Crippen LogP contribution in [-0.4, -0.2) is 15.5 Å². The van der Waals surface area contributed by atoms with Crippen LogP contribution >= 0.6 is 0 Å². The third-order valence-electron chi connectivity index (χ3n) is 3.88. The highest BCUT2D eigenvalue weighted by molar-refractivity contribution is 5.91. The molecule has 2 N–H and O–H groups in total. The molecule has 1 aromatic carbocycles. The SMILES string of the molecule is O=C(Cn1ccc(=O)[nH]c1=O)Nc1cccc2c1CCCC2. The smallest absolute Gasteiger partial charge is 0.324 e. The number of H-pyrrole nitrogens is 1. The van der Waals surface area contributed by atoms with Gasteiger partial charge in [-0.1, -0.05) is 12.1 Å². The Bertz CT molecular complexity index is 820. The first-order valence-electron chi connectivity index (χ1n) is 7.34. The molecule has 3 rings (SSSR count). The van der Waals surface area contributed by atoms with E-state index in [1.54, 1.807) is 0 Å². The Morgan fingerprint density at radius 3 is 2.82 bits per heavy atom. The molecule has 1 aliphatic rings. The highest BCUT2D eigenvalue weighted by atomic mass is 16.2. The van der Waals surface area contributed by atoms with Crippen molar-refractivity contribution >= 4 is 11.6 Å². The van der Waals surface area contributed by atoms with Crippen molar-refractivity contribution in [3.63, 3.8) is 0 Å². The van der Waals surface area contributed by atoms with Crippen LogP contribution in [0.5, 0.6) is 0 Å². The van der Waals surface area contributed by atoms with Crippen LogP contribution in [0.25, 0.3) is 0 Å². The summed E-state index contributed by atoms with van der Waals surface area (Å²) in [5.74, 6) is -0.284. The fraction of sp³-hybridized carbons (Fsp3) is 0.312. The van der Waals surface area contributed by atoms with Crippen LogP contribution in [0.2, 0.25) is 0 Å². The van der Waals surface area contributed by atoms with Crippen LogP contribution in [0, 0.1) is 0 Å². The molecule has 0 atom stereocenters. The second kappa shape index (κ2) is 6.01. The van der Waals surface area contributed by atoms with Gasteiger partial charge >= 0.3 is 5.69 Å².